The molecule has 0 aliphatic carbocycles. The summed E-state index contributed by atoms with van der Waals surface area (Å²) < 4.78 is 1.96. The maximum Gasteiger partial charge on any atom is 0.161 e. The summed E-state index contributed by atoms with van der Waals surface area (Å²) in [5.74, 6) is 0.644. The van der Waals surface area contributed by atoms with Crippen LogP contribution in [0.25, 0.3) is 11.4 Å². The predicted molar refractivity (Wildman–Crippen MR) is 86.6 cm³/mol. The van der Waals surface area contributed by atoms with E-state index in [1.54, 1.807) is 0 Å². The summed E-state index contributed by atoms with van der Waals surface area (Å²) >= 11 is 13.0. The highest BCUT2D eigenvalue weighted by atomic mass is 79.9. The first-order valence-corrected chi connectivity index (χ1v) is 7.74. The van der Waals surface area contributed by atoms with Crippen LogP contribution in [0.4, 0.5) is 0 Å². The van der Waals surface area contributed by atoms with E-state index in [2.05, 4.69) is 62.6 Å². The van der Waals surface area contributed by atoms with Crippen LogP contribution in [0.15, 0.2) is 33.2 Å². The number of benzene rings is 1. The van der Waals surface area contributed by atoms with Gasteiger partial charge in [-0.15, -0.1) is 0 Å². The van der Waals surface area contributed by atoms with Crippen molar-refractivity contribution in [1.29, 1.82) is 0 Å². The van der Waals surface area contributed by atoms with E-state index in [-0.39, 0.29) is 5.41 Å². The molecule has 0 amide bonds. The highest BCUT2D eigenvalue weighted by Gasteiger charge is 2.18. The Balaban J connectivity index is 2.56. The average Bonchev–Trinajstić information content (AvgIpc) is 2.31. The van der Waals surface area contributed by atoms with Crippen molar-refractivity contribution in [2.45, 2.75) is 26.2 Å². The summed E-state index contributed by atoms with van der Waals surface area (Å²) in [5, 5.41) is 0.467. The topological polar surface area (TPSA) is 25.8 Å². The molecule has 0 saturated carbocycles. The van der Waals surface area contributed by atoms with E-state index in [9.17, 15) is 0 Å². The fourth-order valence-corrected chi connectivity index (χ4v) is 2.37. The Hall–Kier alpha value is -0.450. The van der Waals surface area contributed by atoms with Crippen LogP contribution in [0.5, 0.6) is 0 Å². The minimum atomic E-state index is -0.0616. The number of aromatic nitrogens is 2. The van der Waals surface area contributed by atoms with Gasteiger partial charge >= 0.3 is 0 Å². The number of rotatable bonds is 1. The molecule has 19 heavy (non-hydrogen) atoms. The molecule has 0 N–H and O–H groups in total. The Kier molecular flexibility index (Phi) is 4.33. The predicted octanol–water partition coefficient (Wildman–Crippen LogP) is 5.62. The highest BCUT2D eigenvalue weighted by molar-refractivity contribution is 9.13. The van der Waals surface area contributed by atoms with Gasteiger partial charge in [-0.3, -0.25) is 0 Å². The van der Waals surface area contributed by atoms with Gasteiger partial charge in [-0.25, -0.2) is 9.97 Å². The minimum Gasteiger partial charge on any atom is -0.232 e. The third-order valence-electron chi connectivity index (χ3n) is 2.64. The minimum absolute atomic E-state index is 0.0616. The van der Waals surface area contributed by atoms with E-state index in [4.69, 9.17) is 11.6 Å². The molecule has 0 spiro atoms. The summed E-state index contributed by atoms with van der Waals surface area (Å²) in [6.07, 6.45) is 0. The Morgan fingerprint density at radius 2 is 1.68 bits per heavy atom. The molecule has 100 valence electrons. The second-order valence-corrected chi connectivity index (χ2v) is 7.37. The summed E-state index contributed by atoms with van der Waals surface area (Å²) in [4.78, 5) is 8.92. The lowest BCUT2D eigenvalue weighted by atomic mass is 9.92. The monoisotopic (exact) mass is 402 g/mol. The molecular formula is C14H13Br2ClN2. The molecule has 0 saturated heterocycles. The van der Waals surface area contributed by atoms with Gasteiger partial charge in [-0.2, -0.15) is 0 Å². The molecule has 2 nitrogen and oxygen atoms in total. The Morgan fingerprint density at radius 3 is 2.26 bits per heavy atom. The van der Waals surface area contributed by atoms with Gasteiger partial charge in [0.05, 0.1) is 5.69 Å². The van der Waals surface area contributed by atoms with Crippen molar-refractivity contribution in [3.8, 4) is 11.4 Å². The number of halogens is 3. The van der Waals surface area contributed by atoms with Crippen LogP contribution in [0.3, 0.4) is 0 Å². The third-order valence-corrected chi connectivity index (χ3v) is 4.71. The lowest BCUT2D eigenvalue weighted by Gasteiger charge is -2.18. The molecule has 5 heteroatoms. The van der Waals surface area contributed by atoms with Crippen molar-refractivity contribution in [3.05, 3.63) is 44.1 Å². The number of nitrogens with zero attached hydrogens (tertiary/aromatic N) is 2. The van der Waals surface area contributed by atoms with Crippen LogP contribution in [-0.2, 0) is 5.41 Å². The van der Waals surface area contributed by atoms with Crippen molar-refractivity contribution in [3.63, 3.8) is 0 Å². The zero-order valence-corrected chi connectivity index (χ0v) is 14.8. The fourth-order valence-electron chi connectivity index (χ4n) is 1.57. The van der Waals surface area contributed by atoms with Gasteiger partial charge in [0.15, 0.2) is 5.82 Å². The summed E-state index contributed by atoms with van der Waals surface area (Å²) in [7, 11) is 0. The molecule has 0 aliphatic rings. The summed E-state index contributed by atoms with van der Waals surface area (Å²) in [6, 6.07) is 7.72. The molecule has 0 bridgehead atoms. The first-order valence-electron chi connectivity index (χ1n) is 5.78. The van der Waals surface area contributed by atoms with Gasteiger partial charge in [0.2, 0.25) is 0 Å². The molecule has 0 unspecified atom stereocenters. The Morgan fingerprint density at radius 1 is 1.00 bits per heavy atom. The summed E-state index contributed by atoms with van der Waals surface area (Å²) in [5.41, 5.74) is 1.80. The van der Waals surface area contributed by atoms with Gasteiger partial charge in [-0.05, 0) is 56.1 Å². The van der Waals surface area contributed by atoms with E-state index < -0.39 is 0 Å². The van der Waals surface area contributed by atoms with Crippen molar-refractivity contribution >= 4 is 43.5 Å². The zero-order valence-electron chi connectivity index (χ0n) is 10.8. The highest BCUT2D eigenvalue weighted by Crippen LogP contribution is 2.30. The molecule has 2 aromatic rings. The quantitative estimate of drug-likeness (QED) is 0.577. The largest absolute Gasteiger partial charge is 0.232 e. The fraction of sp³-hybridized carbons (Fsp3) is 0.286. The van der Waals surface area contributed by atoms with Gasteiger partial charge < -0.3 is 0 Å². The van der Waals surface area contributed by atoms with Gasteiger partial charge in [0, 0.05) is 19.9 Å². The van der Waals surface area contributed by atoms with Crippen molar-refractivity contribution in [1.82, 2.24) is 9.97 Å². The van der Waals surface area contributed by atoms with E-state index in [1.807, 2.05) is 24.3 Å². The molecule has 0 fully saturated rings. The summed E-state index contributed by atoms with van der Waals surface area (Å²) in [6.45, 7) is 6.31. The van der Waals surface area contributed by atoms with Crippen LogP contribution in [0, 0.1) is 0 Å². The van der Waals surface area contributed by atoms with Gasteiger partial charge in [-0.1, -0.05) is 32.4 Å². The molecule has 1 aromatic heterocycles. The van der Waals surface area contributed by atoms with Gasteiger partial charge in [0.1, 0.15) is 5.15 Å². The molecule has 1 heterocycles. The lowest BCUT2D eigenvalue weighted by Crippen LogP contribution is -2.14. The van der Waals surface area contributed by atoms with E-state index in [0.717, 1.165) is 20.2 Å². The third kappa shape index (κ3) is 3.56. The molecule has 1 aromatic carbocycles. The van der Waals surface area contributed by atoms with Gasteiger partial charge in [0.25, 0.3) is 0 Å². The first-order chi connectivity index (χ1) is 8.77. The second kappa shape index (κ2) is 5.51. The average molecular weight is 405 g/mol. The Labute approximate surface area is 134 Å². The van der Waals surface area contributed by atoms with Crippen LogP contribution >= 0.6 is 43.5 Å². The van der Waals surface area contributed by atoms with Crippen molar-refractivity contribution in [2.75, 3.05) is 0 Å². The molecular weight excluding hydrogens is 391 g/mol. The Bertz CT molecular complexity index is 621. The van der Waals surface area contributed by atoms with E-state index in [1.165, 1.54) is 0 Å². The maximum absolute atomic E-state index is 6.10. The SMILES string of the molecule is CC(C)(C)c1cc(Cl)nc(-c2ccc(Br)c(Br)c2)n1. The molecule has 0 radical (unpaired) electrons. The smallest absolute Gasteiger partial charge is 0.161 e. The standard InChI is InChI=1S/C14H13Br2ClN2/c1-14(2,3)11-7-12(17)19-13(18-11)8-4-5-9(15)10(16)6-8/h4-7H,1-3H3. The van der Waals surface area contributed by atoms with Crippen molar-refractivity contribution < 1.29 is 0 Å². The molecule has 2 rings (SSSR count). The van der Waals surface area contributed by atoms with E-state index in [0.29, 0.717) is 11.0 Å². The van der Waals surface area contributed by atoms with E-state index >= 15 is 0 Å². The lowest BCUT2D eigenvalue weighted by molar-refractivity contribution is 0.568. The molecule has 0 atom stereocenters. The van der Waals surface area contributed by atoms with Crippen LogP contribution < -0.4 is 0 Å². The van der Waals surface area contributed by atoms with Crippen LogP contribution in [-0.4, -0.2) is 9.97 Å². The number of hydrogen-bond acceptors (Lipinski definition) is 2. The zero-order chi connectivity index (χ0) is 14.2. The van der Waals surface area contributed by atoms with Crippen LogP contribution in [0.1, 0.15) is 26.5 Å². The normalized spacial score (nSPS) is 11.7. The second-order valence-electron chi connectivity index (χ2n) is 5.28. The van der Waals surface area contributed by atoms with Crippen molar-refractivity contribution in [2.24, 2.45) is 0 Å². The molecule has 0 aliphatic heterocycles. The maximum atomic E-state index is 6.10. The van der Waals surface area contributed by atoms with Crippen LogP contribution in [0.2, 0.25) is 5.15 Å². The first kappa shape index (κ1) is 14.9. The number of hydrogen-bond donors (Lipinski definition) is 0.